The van der Waals surface area contributed by atoms with Gasteiger partial charge >= 0.3 is 29.6 Å². The van der Waals surface area contributed by atoms with E-state index in [1.54, 1.807) is 24.3 Å². The van der Waals surface area contributed by atoms with Crippen molar-refractivity contribution in [2.75, 3.05) is 13.2 Å². The minimum Gasteiger partial charge on any atom is -0.545 e. The van der Waals surface area contributed by atoms with Crippen LogP contribution in [0, 0.1) is 0 Å². The van der Waals surface area contributed by atoms with E-state index in [9.17, 15) is 19.8 Å². The van der Waals surface area contributed by atoms with Gasteiger partial charge in [0.2, 0.25) is 0 Å². The standard InChI is InChI=1S/C29H32O7.Na/c1-4-8-21-15-24(36-23-10-6-9-22(16-23)29(32)33)11-12-27(21)34-13-7-14-35-28-18-26(31)25(19(3)30)17-20(28)5-2;/h6,9-12,15-18,31H,4-5,7-8,13-14H2,1-3H3,(H,32,33);/q;+1/p-1. The maximum Gasteiger partial charge on any atom is 1.00 e. The Bertz CT molecular complexity index is 1220. The van der Waals surface area contributed by atoms with E-state index >= 15 is 0 Å². The van der Waals surface area contributed by atoms with Crippen molar-refractivity contribution in [3.63, 3.8) is 0 Å². The summed E-state index contributed by atoms with van der Waals surface area (Å²) in [7, 11) is 0. The van der Waals surface area contributed by atoms with Crippen LogP contribution >= 0.6 is 0 Å². The molecule has 0 atom stereocenters. The number of aromatic carboxylic acids is 1. The van der Waals surface area contributed by atoms with Crippen LogP contribution in [0.4, 0.5) is 0 Å². The van der Waals surface area contributed by atoms with Gasteiger partial charge in [-0.05, 0) is 67.3 Å². The third-order valence-corrected chi connectivity index (χ3v) is 5.60. The minimum absolute atomic E-state index is 0. The number of carboxylic acid groups (broad SMARTS) is 1. The Balaban J connectivity index is 0.00000481. The van der Waals surface area contributed by atoms with Gasteiger partial charge in [-0.3, -0.25) is 4.79 Å². The molecule has 0 spiro atoms. The smallest absolute Gasteiger partial charge is 0.545 e. The van der Waals surface area contributed by atoms with E-state index in [2.05, 4.69) is 6.92 Å². The Morgan fingerprint density at radius 1 is 0.892 bits per heavy atom. The molecule has 0 fully saturated rings. The van der Waals surface area contributed by atoms with Gasteiger partial charge in [-0.1, -0.05) is 32.4 Å². The first kappa shape index (κ1) is 30.2. The van der Waals surface area contributed by atoms with E-state index in [4.69, 9.17) is 14.2 Å². The number of carboxylic acids is 1. The zero-order valence-corrected chi connectivity index (χ0v) is 23.8. The van der Waals surface area contributed by atoms with E-state index in [0.717, 1.165) is 29.7 Å². The van der Waals surface area contributed by atoms with Crippen LogP contribution in [0.5, 0.6) is 28.7 Å². The molecule has 3 aromatic rings. The molecule has 0 aliphatic heterocycles. The molecule has 0 saturated heterocycles. The molecule has 37 heavy (non-hydrogen) atoms. The van der Waals surface area contributed by atoms with Gasteiger partial charge in [-0.2, -0.15) is 0 Å². The summed E-state index contributed by atoms with van der Waals surface area (Å²) in [6, 6.07) is 14.9. The zero-order chi connectivity index (χ0) is 26.1. The number of aromatic hydroxyl groups is 1. The third kappa shape index (κ3) is 8.52. The normalized spacial score (nSPS) is 10.4. The van der Waals surface area contributed by atoms with E-state index in [0.29, 0.717) is 48.9 Å². The molecule has 0 aliphatic rings. The van der Waals surface area contributed by atoms with Gasteiger partial charge in [0.1, 0.15) is 28.7 Å². The molecule has 0 aromatic heterocycles. The van der Waals surface area contributed by atoms with Crippen LogP contribution in [0.1, 0.15) is 65.5 Å². The summed E-state index contributed by atoms with van der Waals surface area (Å²) >= 11 is 0. The molecule has 3 aromatic carbocycles. The second-order valence-corrected chi connectivity index (χ2v) is 8.37. The van der Waals surface area contributed by atoms with Crippen LogP contribution in [-0.4, -0.2) is 30.1 Å². The first-order valence-corrected chi connectivity index (χ1v) is 12.1. The molecule has 7 nitrogen and oxygen atoms in total. The largest absolute Gasteiger partial charge is 1.00 e. The summed E-state index contributed by atoms with van der Waals surface area (Å²) in [6.45, 7) is 6.29. The fourth-order valence-corrected chi connectivity index (χ4v) is 3.78. The van der Waals surface area contributed by atoms with Crippen molar-refractivity contribution < 1.29 is 63.6 Å². The fourth-order valence-electron chi connectivity index (χ4n) is 3.78. The van der Waals surface area contributed by atoms with Crippen molar-refractivity contribution in [3.05, 3.63) is 76.9 Å². The van der Waals surface area contributed by atoms with Gasteiger partial charge in [-0.15, -0.1) is 0 Å². The topological polar surface area (TPSA) is 105 Å². The van der Waals surface area contributed by atoms with Crippen molar-refractivity contribution in [2.45, 2.75) is 46.5 Å². The second-order valence-electron chi connectivity index (χ2n) is 8.37. The Labute approximate surface area is 239 Å². The van der Waals surface area contributed by atoms with Crippen molar-refractivity contribution in [3.8, 4) is 28.7 Å². The minimum atomic E-state index is -1.25. The van der Waals surface area contributed by atoms with Gasteiger partial charge in [0.25, 0.3) is 0 Å². The first-order valence-electron chi connectivity index (χ1n) is 12.1. The number of rotatable bonds is 13. The molecule has 0 amide bonds. The van der Waals surface area contributed by atoms with Crippen LogP contribution in [-0.2, 0) is 12.8 Å². The SMILES string of the molecule is CCCc1cc(Oc2cccc(C(=O)[O-])c2)ccc1OCCCOc1cc(O)c(C(C)=O)cc1CC.[Na+]. The van der Waals surface area contributed by atoms with Gasteiger partial charge in [0.05, 0.1) is 24.7 Å². The predicted octanol–water partition coefficient (Wildman–Crippen LogP) is 2.12. The van der Waals surface area contributed by atoms with Crippen LogP contribution < -0.4 is 48.9 Å². The van der Waals surface area contributed by atoms with Crippen molar-refractivity contribution in [1.29, 1.82) is 0 Å². The summed E-state index contributed by atoms with van der Waals surface area (Å²) in [4.78, 5) is 22.7. The third-order valence-electron chi connectivity index (χ3n) is 5.60. The number of carbonyl (C=O) groups is 2. The molecule has 0 bridgehead atoms. The Hall–Kier alpha value is -3.00. The van der Waals surface area contributed by atoms with Crippen LogP contribution in [0.15, 0.2) is 54.6 Å². The molecule has 0 heterocycles. The van der Waals surface area contributed by atoms with E-state index in [1.165, 1.54) is 25.1 Å². The summed E-state index contributed by atoms with van der Waals surface area (Å²) < 4.78 is 17.7. The number of Topliss-reactive ketones (excluding diaryl/α,β-unsaturated/α-hetero) is 1. The van der Waals surface area contributed by atoms with Gasteiger partial charge in [-0.25, -0.2) is 0 Å². The molecule has 0 aliphatic carbocycles. The van der Waals surface area contributed by atoms with Gasteiger partial charge in [0.15, 0.2) is 5.78 Å². The Morgan fingerprint density at radius 3 is 2.24 bits per heavy atom. The summed E-state index contributed by atoms with van der Waals surface area (Å²) in [5.41, 5.74) is 2.21. The summed E-state index contributed by atoms with van der Waals surface area (Å²) in [6.07, 6.45) is 3.02. The number of carbonyl (C=O) groups excluding carboxylic acids is 2. The van der Waals surface area contributed by atoms with E-state index < -0.39 is 5.97 Å². The van der Waals surface area contributed by atoms with E-state index in [1.807, 2.05) is 19.1 Å². The molecular weight excluding hydrogens is 483 g/mol. The fraction of sp³-hybridized carbons (Fsp3) is 0.310. The molecule has 8 heteroatoms. The maximum absolute atomic E-state index is 11.7. The number of hydrogen-bond acceptors (Lipinski definition) is 7. The number of aryl methyl sites for hydroxylation is 2. The number of hydrogen-bond donors (Lipinski definition) is 1. The molecule has 3 rings (SSSR count). The van der Waals surface area contributed by atoms with Gasteiger partial charge in [0, 0.05) is 18.1 Å². The number of phenolic OH excluding ortho intramolecular Hbond substituents is 1. The molecule has 0 saturated carbocycles. The summed E-state index contributed by atoms with van der Waals surface area (Å²) in [5.74, 6) is 0.803. The van der Waals surface area contributed by atoms with Crippen LogP contribution in [0.25, 0.3) is 0 Å². The molecule has 190 valence electrons. The van der Waals surface area contributed by atoms with E-state index in [-0.39, 0.29) is 46.7 Å². The molecule has 1 N–H and O–H groups in total. The number of ether oxygens (including phenoxy) is 3. The Morgan fingerprint density at radius 2 is 1.59 bits per heavy atom. The predicted molar refractivity (Wildman–Crippen MR) is 134 cm³/mol. The molecule has 0 unspecified atom stereocenters. The average molecular weight is 515 g/mol. The van der Waals surface area contributed by atoms with Crippen molar-refractivity contribution in [2.24, 2.45) is 0 Å². The molecular formula is C29H31NaO7. The van der Waals surface area contributed by atoms with Crippen molar-refractivity contribution in [1.82, 2.24) is 0 Å². The van der Waals surface area contributed by atoms with Crippen LogP contribution in [0.3, 0.4) is 0 Å². The Kier molecular flexibility index (Phi) is 12.0. The van der Waals surface area contributed by atoms with Gasteiger partial charge < -0.3 is 29.2 Å². The quantitative estimate of drug-likeness (QED) is 0.212. The summed E-state index contributed by atoms with van der Waals surface area (Å²) in [5, 5.41) is 21.2. The number of ketones is 1. The zero-order valence-electron chi connectivity index (χ0n) is 21.8. The second kappa shape index (κ2) is 14.7. The average Bonchev–Trinajstić information content (AvgIpc) is 2.85. The van der Waals surface area contributed by atoms with Crippen molar-refractivity contribution >= 4 is 11.8 Å². The monoisotopic (exact) mass is 514 g/mol. The van der Waals surface area contributed by atoms with Crippen LogP contribution in [0.2, 0.25) is 0 Å². The first-order chi connectivity index (χ1) is 17.3. The number of benzene rings is 3. The number of phenols is 1. The maximum atomic E-state index is 11.7. The molecule has 0 radical (unpaired) electrons.